The molecule has 3 saturated carbocycles. The second-order valence-corrected chi connectivity index (χ2v) is 14.9. The average Bonchev–Trinajstić information content (AvgIpc) is 3.51. The monoisotopic (exact) mass is 586 g/mol. The van der Waals surface area contributed by atoms with Gasteiger partial charge in [-0.05, 0) is 134 Å². The van der Waals surface area contributed by atoms with Gasteiger partial charge in [-0.15, -0.1) is 13.2 Å². The predicted molar refractivity (Wildman–Crippen MR) is 187 cm³/mol. The summed E-state index contributed by atoms with van der Waals surface area (Å²) < 4.78 is 0. The molecule has 0 aromatic heterocycles. The average molecular weight is 586 g/mol. The largest absolute Gasteiger partial charge is 0.396 e. The highest BCUT2D eigenvalue weighted by Gasteiger charge is 2.58. The summed E-state index contributed by atoms with van der Waals surface area (Å²) in [6, 6.07) is 0.605. The third kappa shape index (κ3) is 9.07. The number of nitrogens with one attached hydrogen (secondary N) is 2. The zero-order chi connectivity index (χ0) is 30.8. The van der Waals surface area contributed by atoms with E-state index in [0.29, 0.717) is 28.3 Å². The zero-order valence-electron chi connectivity index (χ0n) is 28.6. The van der Waals surface area contributed by atoms with E-state index < -0.39 is 0 Å². The summed E-state index contributed by atoms with van der Waals surface area (Å²) in [5, 5.41) is 11.4. The molecule has 4 fully saturated rings. The van der Waals surface area contributed by atoms with Crippen molar-refractivity contribution in [2.75, 3.05) is 20.2 Å². The van der Waals surface area contributed by atoms with Gasteiger partial charge in [0.05, 0.1) is 5.71 Å². The minimum atomic E-state index is 0. The fourth-order valence-electron chi connectivity index (χ4n) is 8.97. The molecule has 244 valence electrons. The van der Waals surface area contributed by atoms with Crippen LogP contribution in [0.15, 0.2) is 42.6 Å². The molecule has 0 aromatic rings. The van der Waals surface area contributed by atoms with E-state index in [0.717, 1.165) is 43.2 Å². The highest BCUT2D eigenvalue weighted by Crippen LogP contribution is 2.66. The summed E-state index contributed by atoms with van der Waals surface area (Å²) in [6.07, 6.45) is 17.4. The molecule has 8 atom stereocenters. The van der Waals surface area contributed by atoms with Gasteiger partial charge in [-0.1, -0.05) is 71.0 Å². The Balaban J connectivity index is 0.000000874. The van der Waals surface area contributed by atoms with Crippen LogP contribution in [-0.4, -0.2) is 37.5 Å². The van der Waals surface area contributed by atoms with Gasteiger partial charge in [-0.3, -0.25) is 0 Å². The van der Waals surface area contributed by atoms with Gasteiger partial charge in [0.2, 0.25) is 0 Å². The Bertz CT molecular complexity index is 872. The van der Waals surface area contributed by atoms with Crippen molar-refractivity contribution in [3.8, 4) is 0 Å². The molecule has 1 aliphatic heterocycles. The lowest BCUT2D eigenvalue weighted by Crippen LogP contribution is -2.50. The van der Waals surface area contributed by atoms with Gasteiger partial charge < -0.3 is 15.5 Å². The van der Waals surface area contributed by atoms with Gasteiger partial charge in [0.25, 0.3) is 0 Å². The molecule has 8 unspecified atom stereocenters. The number of fused-ring (bicyclic) bond motifs is 3. The molecule has 0 amide bonds. The first-order valence-electron chi connectivity index (χ1n) is 16.8. The standard InChI is InChI=1S/C30H50N2O.C5H13N.C2H4.CH4/c1-7-9-23-10-11-24-26-13-12-25(22(4)32-33-20-16-28-21(3)15-19-31-28)30(26,6)18-14-27(24)29(23,5)17-8-2;1-5(2,3)6-4;1-2;/h7,9,21,24-28,31H,1,8,10-20H2,2-6H3;6H,1-4H3;1-2H2;1H4/b23-9-,32-22+;;;. The van der Waals surface area contributed by atoms with Crippen molar-refractivity contribution in [3.05, 3.63) is 37.5 Å². The summed E-state index contributed by atoms with van der Waals surface area (Å²) in [5.74, 6) is 3.91. The van der Waals surface area contributed by atoms with Gasteiger partial charge >= 0.3 is 0 Å². The van der Waals surface area contributed by atoms with E-state index in [1.807, 2.05) is 13.1 Å². The smallest absolute Gasteiger partial charge is 0.118 e. The molecule has 1 saturated heterocycles. The first-order valence-corrected chi connectivity index (χ1v) is 16.8. The Morgan fingerprint density at radius 3 is 2.33 bits per heavy atom. The molecule has 1 heterocycles. The van der Waals surface area contributed by atoms with E-state index in [4.69, 9.17) is 9.99 Å². The first-order chi connectivity index (χ1) is 19.4. The second-order valence-electron chi connectivity index (χ2n) is 14.9. The van der Waals surface area contributed by atoms with E-state index in [-0.39, 0.29) is 7.43 Å². The van der Waals surface area contributed by atoms with Crippen LogP contribution in [0, 0.1) is 40.4 Å². The van der Waals surface area contributed by atoms with Crippen molar-refractivity contribution in [1.82, 2.24) is 10.6 Å². The molecule has 0 aromatic carbocycles. The third-order valence-electron chi connectivity index (χ3n) is 11.5. The molecule has 4 aliphatic rings. The first kappa shape index (κ1) is 38.6. The van der Waals surface area contributed by atoms with Crippen molar-refractivity contribution in [2.24, 2.45) is 45.6 Å². The second kappa shape index (κ2) is 17.2. The fourth-order valence-corrected chi connectivity index (χ4v) is 8.97. The number of hydrogen-bond acceptors (Lipinski definition) is 4. The molecular formula is C38H71N3O. The van der Waals surface area contributed by atoms with Crippen LogP contribution in [0.2, 0.25) is 0 Å². The van der Waals surface area contributed by atoms with Crippen molar-refractivity contribution in [2.45, 2.75) is 139 Å². The highest BCUT2D eigenvalue weighted by atomic mass is 16.6. The van der Waals surface area contributed by atoms with Gasteiger partial charge in [0.15, 0.2) is 0 Å². The summed E-state index contributed by atoms with van der Waals surface area (Å²) in [7, 11) is 1.96. The van der Waals surface area contributed by atoms with E-state index in [9.17, 15) is 0 Å². The molecular weight excluding hydrogens is 514 g/mol. The van der Waals surface area contributed by atoms with Gasteiger partial charge in [0.1, 0.15) is 6.61 Å². The Morgan fingerprint density at radius 2 is 1.79 bits per heavy atom. The summed E-state index contributed by atoms with van der Waals surface area (Å²) in [5.41, 5.74) is 3.98. The molecule has 4 nitrogen and oxygen atoms in total. The van der Waals surface area contributed by atoms with Crippen LogP contribution < -0.4 is 10.6 Å². The van der Waals surface area contributed by atoms with Crippen molar-refractivity contribution in [3.63, 3.8) is 0 Å². The normalized spacial score (nSPS) is 36.8. The lowest BCUT2D eigenvalue weighted by molar-refractivity contribution is -0.0412. The van der Waals surface area contributed by atoms with Crippen LogP contribution >= 0.6 is 0 Å². The van der Waals surface area contributed by atoms with Crippen LogP contribution in [0.5, 0.6) is 0 Å². The maximum absolute atomic E-state index is 5.89. The topological polar surface area (TPSA) is 45.6 Å². The van der Waals surface area contributed by atoms with E-state index in [1.165, 1.54) is 63.5 Å². The number of hydrogen-bond donors (Lipinski definition) is 2. The zero-order valence-corrected chi connectivity index (χ0v) is 28.6. The SMILES string of the molecule is C.C=C.C=C/C=C1/CCC2C(CCC3(C)C(/C(C)=N/OCCC4NCCC4C)CCC23)C1(C)CCC.CNC(C)(C)C. The lowest BCUT2D eigenvalue weighted by Gasteiger charge is -2.57. The number of allylic oxidation sites excluding steroid dienone is 3. The van der Waals surface area contributed by atoms with Crippen LogP contribution in [-0.2, 0) is 4.84 Å². The van der Waals surface area contributed by atoms with Crippen LogP contribution in [0.1, 0.15) is 127 Å². The molecule has 0 bridgehead atoms. The molecule has 2 N–H and O–H groups in total. The minimum absolute atomic E-state index is 0. The maximum Gasteiger partial charge on any atom is 0.118 e. The fraction of sp³-hybridized carbons (Fsp3) is 0.816. The van der Waals surface area contributed by atoms with Crippen molar-refractivity contribution < 1.29 is 4.84 Å². The molecule has 0 spiro atoms. The van der Waals surface area contributed by atoms with E-state index >= 15 is 0 Å². The van der Waals surface area contributed by atoms with E-state index in [2.05, 4.69) is 91.8 Å². The molecule has 42 heavy (non-hydrogen) atoms. The Kier molecular flexibility index (Phi) is 15.8. The van der Waals surface area contributed by atoms with Gasteiger partial charge in [0, 0.05) is 17.5 Å². The van der Waals surface area contributed by atoms with Crippen molar-refractivity contribution >= 4 is 5.71 Å². The summed E-state index contributed by atoms with van der Waals surface area (Å²) in [4.78, 5) is 5.89. The number of oxime groups is 1. The van der Waals surface area contributed by atoms with Crippen LogP contribution in [0.4, 0.5) is 0 Å². The highest BCUT2D eigenvalue weighted by molar-refractivity contribution is 5.85. The van der Waals surface area contributed by atoms with E-state index in [1.54, 1.807) is 5.57 Å². The minimum Gasteiger partial charge on any atom is -0.396 e. The molecule has 0 radical (unpaired) electrons. The Hall–Kier alpha value is -1.39. The Labute approximate surface area is 262 Å². The third-order valence-corrected chi connectivity index (χ3v) is 11.5. The molecule has 3 aliphatic carbocycles. The van der Waals surface area contributed by atoms with Crippen LogP contribution in [0.25, 0.3) is 0 Å². The van der Waals surface area contributed by atoms with Crippen molar-refractivity contribution in [1.29, 1.82) is 0 Å². The molecule has 4 rings (SSSR count). The number of rotatable bonds is 8. The maximum atomic E-state index is 5.89. The Morgan fingerprint density at radius 1 is 1.12 bits per heavy atom. The predicted octanol–water partition coefficient (Wildman–Crippen LogP) is 9.98. The summed E-state index contributed by atoms with van der Waals surface area (Å²) >= 11 is 0. The van der Waals surface area contributed by atoms with Crippen LogP contribution in [0.3, 0.4) is 0 Å². The molecule has 4 heteroatoms. The number of nitrogens with zero attached hydrogens (tertiary/aromatic N) is 1. The quantitative estimate of drug-likeness (QED) is 0.129. The van der Waals surface area contributed by atoms with Gasteiger partial charge in [-0.2, -0.15) is 0 Å². The lowest BCUT2D eigenvalue weighted by atomic mass is 9.47. The summed E-state index contributed by atoms with van der Waals surface area (Å²) in [6.45, 7) is 30.5. The van der Waals surface area contributed by atoms with Gasteiger partial charge in [-0.25, -0.2) is 0 Å².